The predicted octanol–water partition coefficient (Wildman–Crippen LogP) is 4.97. The Morgan fingerprint density at radius 2 is 1.86 bits per heavy atom. The summed E-state index contributed by atoms with van der Waals surface area (Å²) >= 11 is 0. The number of alkyl carbamates (subject to hydrolysis) is 1. The second-order valence-electron chi connectivity index (χ2n) is 11.3. The second kappa shape index (κ2) is 10.8. The van der Waals surface area contributed by atoms with E-state index in [2.05, 4.69) is 15.5 Å². The largest absolute Gasteiger partial charge is 0.444 e. The number of carbonyl (C=O) groups excluding carboxylic acids is 2. The van der Waals surface area contributed by atoms with Crippen LogP contribution in [-0.2, 0) is 22.3 Å². The van der Waals surface area contributed by atoms with E-state index in [9.17, 15) is 22.8 Å². The summed E-state index contributed by atoms with van der Waals surface area (Å²) in [5, 5.41) is 5.87. The van der Waals surface area contributed by atoms with Crippen molar-refractivity contribution < 1.29 is 27.5 Å². The van der Waals surface area contributed by atoms with Crippen molar-refractivity contribution in [2.75, 3.05) is 13.1 Å². The molecule has 3 rings (SSSR count). The van der Waals surface area contributed by atoms with Crippen LogP contribution >= 0.6 is 0 Å². The Morgan fingerprint density at radius 1 is 1.14 bits per heavy atom. The number of likely N-dealkylation sites (tertiary alicyclic amines) is 1. The minimum Gasteiger partial charge on any atom is -0.444 e. The maximum absolute atomic E-state index is 13.1. The van der Waals surface area contributed by atoms with Crippen molar-refractivity contribution in [1.29, 1.82) is 0 Å². The summed E-state index contributed by atoms with van der Waals surface area (Å²) in [5.41, 5.74) is -0.652. The Balaban J connectivity index is 1.59. The summed E-state index contributed by atoms with van der Waals surface area (Å²) in [6.45, 7) is 11.3. The lowest BCUT2D eigenvalue weighted by molar-refractivity contribution is -0.137. The highest BCUT2D eigenvalue weighted by Gasteiger charge is 2.43. The summed E-state index contributed by atoms with van der Waals surface area (Å²) in [6, 6.07) is 4.77. The zero-order valence-corrected chi connectivity index (χ0v) is 21.2. The van der Waals surface area contributed by atoms with E-state index in [0.717, 1.165) is 32.0 Å². The first kappa shape index (κ1) is 27.3. The number of hydrogen-bond donors (Lipinski definition) is 2. The molecule has 3 unspecified atom stereocenters. The number of nitrogens with one attached hydrogen (secondary N) is 2. The zero-order valence-electron chi connectivity index (χ0n) is 21.2. The summed E-state index contributed by atoms with van der Waals surface area (Å²) in [7, 11) is 0. The molecule has 35 heavy (non-hydrogen) atoms. The molecule has 0 spiro atoms. The van der Waals surface area contributed by atoms with Gasteiger partial charge in [0.25, 0.3) is 0 Å². The third-order valence-corrected chi connectivity index (χ3v) is 6.64. The first-order valence-corrected chi connectivity index (χ1v) is 12.4. The van der Waals surface area contributed by atoms with Crippen LogP contribution in [0.2, 0.25) is 0 Å². The first-order chi connectivity index (χ1) is 16.2. The molecule has 2 N–H and O–H groups in total. The van der Waals surface area contributed by atoms with Crippen molar-refractivity contribution in [3.05, 3.63) is 35.4 Å². The quantitative estimate of drug-likeness (QED) is 0.558. The molecular weight excluding hydrogens is 459 g/mol. The van der Waals surface area contributed by atoms with Crippen molar-refractivity contribution in [2.45, 2.75) is 84.3 Å². The highest BCUT2D eigenvalue weighted by atomic mass is 19.4. The predicted molar refractivity (Wildman–Crippen MR) is 127 cm³/mol. The summed E-state index contributed by atoms with van der Waals surface area (Å²) in [4.78, 5) is 27.6. The molecule has 1 aromatic carbocycles. The van der Waals surface area contributed by atoms with Crippen LogP contribution in [0.5, 0.6) is 0 Å². The van der Waals surface area contributed by atoms with E-state index in [1.807, 2.05) is 13.8 Å². The van der Waals surface area contributed by atoms with Gasteiger partial charge in [-0.3, -0.25) is 9.69 Å². The molecule has 2 fully saturated rings. The van der Waals surface area contributed by atoms with Crippen molar-refractivity contribution in [3.8, 4) is 0 Å². The fraction of sp³-hybridized carbons (Fsp3) is 0.692. The second-order valence-corrected chi connectivity index (χ2v) is 11.3. The Morgan fingerprint density at radius 3 is 2.49 bits per heavy atom. The fourth-order valence-electron chi connectivity index (χ4n) is 5.21. The van der Waals surface area contributed by atoms with Gasteiger partial charge in [0.15, 0.2) is 0 Å². The molecule has 1 saturated carbocycles. The summed E-state index contributed by atoms with van der Waals surface area (Å²) in [5.74, 6) is 0.623. The molecule has 2 aliphatic rings. The maximum Gasteiger partial charge on any atom is 0.416 e. The van der Waals surface area contributed by atoms with E-state index in [-0.39, 0.29) is 23.8 Å². The molecule has 1 aliphatic heterocycles. The molecule has 1 aliphatic carbocycles. The molecule has 1 heterocycles. The number of benzene rings is 1. The normalized spacial score (nSPS) is 23.7. The van der Waals surface area contributed by atoms with Crippen LogP contribution in [0.15, 0.2) is 24.3 Å². The average molecular weight is 498 g/mol. The Kier molecular flexibility index (Phi) is 8.40. The molecule has 4 atom stereocenters. The van der Waals surface area contributed by atoms with Crippen LogP contribution in [0.3, 0.4) is 0 Å². The molecule has 0 radical (unpaired) electrons. The smallest absolute Gasteiger partial charge is 0.416 e. The molecule has 196 valence electrons. The van der Waals surface area contributed by atoms with Crippen LogP contribution in [0, 0.1) is 17.8 Å². The van der Waals surface area contributed by atoms with E-state index in [0.29, 0.717) is 24.4 Å². The Labute approximate surface area is 206 Å². The summed E-state index contributed by atoms with van der Waals surface area (Å²) in [6.07, 6.45) is -2.65. The van der Waals surface area contributed by atoms with Crippen LogP contribution < -0.4 is 10.6 Å². The topological polar surface area (TPSA) is 70.7 Å². The lowest BCUT2D eigenvalue weighted by Gasteiger charge is -2.27. The third kappa shape index (κ3) is 7.85. The van der Waals surface area contributed by atoms with E-state index >= 15 is 0 Å². The number of amides is 2. The van der Waals surface area contributed by atoms with Crippen LogP contribution in [0.1, 0.15) is 65.0 Å². The molecule has 1 saturated heterocycles. The maximum atomic E-state index is 13.1. The van der Waals surface area contributed by atoms with Gasteiger partial charge in [-0.2, -0.15) is 13.2 Å². The minimum absolute atomic E-state index is 0.0193. The average Bonchev–Trinajstić information content (AvgIpc) is 3.26. The van der Waals surface area contributed by atoms with Gasteiger partial charge < -0.3 is 15.4 Å². The van der Waals surface area contributed by atoms with Gasteiger partial charge in [-0.1, -0.05) is 32.0 Å². The highest BCUT2D eigenvalue weighted by Crippen LogP contribution is 2.39. The highest BCUT2D eigenvalue weighted by molar-refractivity contribution is 5.86. The lowest BCUT2D eigenvalue weighted by atomic mass is 9.97. The SMILES string of the molecule is CC(C)C[C@@H](NC(=O)OC(C)(C)C)C(=O)NC1CCC2CN(Cc3cccc(C(F)(F)F)c3)CC21. The number of carbonyl (C=O) groups is 2. The van der Waals surface area contributed by atoms with Gasteiger partial charge in [-0.15, -0.1) is 0 Å². The molecule has 9 heteroatoms. The molecule has 0 bridgehead atoms. The Bertz CT molecular complexity index is 898. The molecular formula is C26H38F3N3O3. The Hall–Kier alpha value is -2.29. The van der Waals surface area contributed by atoms with Crippen LogP contribution in [0.4, 0.5) is 18.0 Å². The number of hydrogen-bond acceptors (Lipinski definition) is 4. The van der Waals surface area contributed by atoms with E-state index in [1.54, 1.807) is 26.8 Å². The molecule has 2 amide bonds. The van der Waals surface area contributed by atoms with Gasteiger partial charge >= 0.3 is 12.3 Å². The number of fused-ring (bicyclic) bond motifs is 1. The number of rotatable bonds is 7. The van der Waals surface area contributed by atoms with Gasteiger partial charge in [-0.05, 0) is 69.4 Å². The monoisotopic (exact) mass is 497 g/mol. The van der Waals surface area contributed by atoms with Crippen molar-refractivity contribution in [1.82, 2.24) is 15.5 Å². The van der Waals surface area contributed by atoms with Gasteiger partial charge in [0.05, 0.1) is 5.56 Å². The van der Waals surface area contributed by atoms with E-state index in [4.69, 9.17) is 4.74 Å². The molecule has 1 aromatic rings. The first-order valence-electron chi connectivity index (χ1n) is 12.4. The zero-order chi connectivity index (χ0) is 26.0. The number of alkyl halides is 3. The van der Waals surface area contributed by atoms with Crippen molar-refractivity contribution in [3.63, 3.8) is 0 Å². The molecule has 6 nitrogen and oxygen atoms in total. The van der Waals surface area contributed by atoms with Gasteiger partial charge in [0.2, 0.25) is 5.91 Å². The lowest BCUT2D eigenvalue weighted by Crippen LogP contribution is -2.52. The number of nitrogens with zero attached hydrogens (tertiary/aromatic N) is 1. The number of ether oxygens (including phenoxy) is 1. The van der Waals surface area contributed by atoms with Crippen LogP contribution in [-0.4, -0.2) is 47.7 Å². The summed E-state index contributed by atoms with van der Waals surface area (Å²) < 4.78 is 44.5. The van der Waals surface area contributed by atoms with Gasteiger partial charge in [0.1, 0.15) is 11.6 Å². The number of halogens is 3. The fourth-order valence-corrected chi connectivity index (χ4v) is 5.21. The third-order valence-electron chi connectivity index (χ3n) is 6.64. The minimum atomic E-state index is -4.35. The molecule has 0 aromatic heterocycles. The van der Waals surface area contributed by atoms with Crippen molar-refractivity contribution >= 4 is 12.0 Å². The van der Waals surface area contributed by atoms with Crippen LogP contribution in [0.25, 0.3) is 0 Å². The van der Waals surface area contributed by atoms with E-state index in [1.165, 1.54) is 12.1 Å². The van der Waals surface area contributed by atoms with Gasteiger partial charge in [0, 0.05) is 25.7 Å². The van der Waals surface area contributed by atoms with Crippen molar-refractivity contribution in [2.24, 2.45) is 17.8 Å². The standard InChI is InChI=1S/C26H38F3N3O3/c1-16(2)11-22(31-24(34)35-25(3,4)5)23(33)30-21-10-9-18-14-32(15-20(18)21)13-17-7-6-8-19(12-17)26(27,28)29/h6-8,12,16,18,20-22H,9-11,13-15H2,1-5H3,(H,30,33)(H,31,34)/t18?,20?,21?,22-/m1/s1. The van der Waals surface area contributed by atoms with Gasteiger partial charge in [-0.25, -0.2) is 4.79 Å². The van der Waals surface area contributed by atoms with E-state index < -0.39 is 29.5 Å².